The van der Waals surface area contributed by atoms with Gasteiger partial charge in [0.15, 0.2) is 5.75 Å². The smallest absolute Gasteiger partial charge is 0.182 e. The molecule has 0 amide bonds. The molecule has 0 saturated carbocycles. The van der Waals surface area contributed by atoms with E-state index in [-0.39, 0.29) is 0 Å². The van der Waals surface area contributed by atoms with Crippen LogP contribution in [-0.4, -0.2) is 11.7 Å². The van der Waals surface area contributed by atoms with Gasteiger partial charge in [0.1, 0.15) is 0 Å². The molecule has 0 saturated heterocycles. The lowest BCUT2D eigenvalue weighted by Gasteiger charge is -2.11. The molecule has 0 fully saturated rings. The lowest BCUT2D eigenvalue weighted by atomic mass is 10.0. The summed E-state index contributed by atoms with van der Waals surface area (Å²) >= 11 is 0. The summed E-state index contributed by atoms with van der Waals surface area (Å²) in [5, 5.41) is 3.42. The average Bonchev–Trinajstić information content (AvgIpc) is 2.08. The molecule has 0 N–H and O–H groups in total. The predicted molar refractivity (Wildman–Crippen MR) is 53.2 cm³/mol. The van der Waals surface area contributed by atoms with Crippen molar-refractivity contribution in [2.24, 2.45) is 5.16 Å². The van der Waals surface area contributed by atoms with Crippen LogP contribution in [-0.2, 0) is 0 Å². The first-order chi connectivity index (χ1) is 6.16. The van der Waals surface area contributed by atoms with Crippen molar-refractivity contribution in [3.63, 3.8) is 0 Å². The molecular formula is C10H14N2O. The van der Waals surface area contributed by atoms with Crippen LogP contribution < -0.4 is 4.84 Å². The number of rotatable bonds is 3. The second-order valence-electron chi connectivity index (χ2n) is 3.19. The van der Waals surface area contributed by atoms with Crippen LogP contribution >= 0.6 is 0 Å². The van der Waals surface area contributed by atoms with Crippen LogP contribution in [0, 0.1) is 6.92 Å². The summed E-state index contributed by atoms with van der Waals surface area (Å²) < 4.78 is 0. The minimum Gasteiger partial charge on any atom is -0.355 e. The van der Waals surface area contributed by atoms with E-state index in [9.17, 15) is 0 Å². The molecule has 0 spiro atoms. The van der Waals surface area contributed by atoms with Crippen molar-refractivity contribution in [3.05, 3.63) is 23.5 Å². The van der Waals surface area contributed by atoms with Crippen LogP contribution in [0.1, 0.15) is 31.0 Å². The zero-order chi connectivity index (χ0) is 9.84. The fraction of sp³-hybridized carbons (Fsp3) is 0.400. The number of hydrogen-bond donors (Lipinski definition) is 0. The van der Waals surface area contributed by atoms with Gasteiger partial charge in [-0.3, -0.25) is 4.98 Å². The van der Waals surface area contributed by atoms with Gasteiger partial charge in [-0.05, 0) is 18.9 Å². The van der Waals surface area contributed by atoms with E-state index in [1.165, 1.54) is 0 Å². The highest BCUT2D eigenvalue weighted by molar-refractivity contribution is 5.38. The third kappa shape index (κ3) is 2.05. The molecule has 1 heterocycles. The Labute approximate surface area is 78.4 Å². The lowest BCUT2D eigenvalue weighted by molar-refractivity contribution is 0.336. The van der Waals surface area contributed by atoms with Gasteiger partial charge < -0.3 is 4.84 Å². The molecular weight excluding hydrogens is 164 g/mol. The van der Waals surface area contributed by atoms with Gasteiger partial charge in [0, 0.05) is 18.5 Å². The first kappa shape index (κ1) is 9.71. The molecule has 3 heteroatoms. The molecule has 13 heavy (non-hydrogen) atoms. The topological polar surface area (TPSA) is 34.5 Å². The first-order valence-electron chi connectivity index (χ1n) is 4.25. The quantitative estimate of drug-likeness (QED) is 0.526. The van der Waals surface area contributed by atoms with Crippen LogP contribution in [0.25, 0.3) is 0 Å². The molecule has 0 aromatic carbocycles. The van der Waals surface area contributed by atoms with E-state index >= 15 is 0 Å². The maximum absolute atomic E-state index is 5.08. The summed E-state index contributed by atoms with van der Waals surface area (Å²) in [4.78, 5) is 9.21. The Morgan fingerprint density at radius 2 is 2.23 bits per heavy atom. The van der Waals surface area contributed by atoms with Gasteiger partial charge >= 0.3 is 0 Å². The Morgan fingerprint density at radius 1 is 1.54 bits per heavy atom. The number of oxime groups is 1. The minimum atomic E-state index is 0.401. The van der Waals surface area contributed by atoms with E-state index in [1.54, 1.807) is 6.20 Å². The minimum absolute atomic E-state index is 0.401. The first-order valence-corrected chi connectivity index (χ1v) is 4.25. The Hall–Kier alpha value is -1.38. The number of aryl methyl sites for hydroxylation is 1. The third-order valence-corrected chi connectivity index (χ3v) is 1.89. The van der Waals surface area contributed by atoms with Crippen molar-refractivity contribution < 1.29 is 4.84 Å². The Bertz CT molecular complexity index is 308. The van der Waals surface area contributed by atoms with Crippen molar-refractivity contribution in [1.29, 1.82) is 0 Å². The molecule has 0 bridgehead atoms. The number of pyridine rings is 1. The summed E-state index contributed by atoms with van der Waals surface area (Å²) in [6.45, 7) is 9.40. The van der Waals surface area contributed by atoms with Crippen molar-refractivity contribution in [2.45, 2.75) is 26.7 Å². The summed E-state index contributed by atoms with van der Waals surface area (Å²) in [6.07, 6.45) is 1.78. The summed E-state index contributed by atoms with van der Waals surface area (Å²) in [5.41, 5.74) is 1.96. The van der Waals surface area contributed by atoms with Crippen LogP contribution in [0.3, 0.4) is 0 Å². The molecule has 1 rings (SSSR count). The highest BCUT2D eigenvalue weighted by Crippen LogP contribution is 2.28. The van der Waals surface area contributed by atoms with Crippen LogP contribution in [0.5, 0.6) is 5.75 Å². The van der Waals surface area contributed by atoms with E-state index in [1.807, 2.05) is 13.0 Å². The Balaban J connectivity index is 3.16. The normalized spacial score (nSPS) is 10.2. The average molecular weight is 178 g/mol. The molecule has 0 atom stereocenters. The second kappa shape index (κ2) is 4.03. The zero-order valence-corrected chi connectivity index (χ0v) is 8.24. The maximum Gasteiger partial charge on any atom is 0.182 e. The molecule has 0 radical (unpaired) electrons. The Kier molecular flexibility index (Phi) is 3.01. The zero-order valence-electron chi connectivity index (χ0n) is 8.24. The highest BCUT2D eigenvalue weighted by Gasteiger charge is 2.10. The lowest BCUT2D eigenvalue weighted by Crippen LogP contribution is -1.97. The van der Waals surface area contributed by atoms with Gasteiger partial charge in [0.25, 0.3) is 0 Å². The monoisotopic (exact) mass is 178 g/mol. The van der Waals surface area contributed by atoms with Gasteiger partial charge in [-0.2, -0.15) is 0 Å². The van der Waals surface area contributed by atoms with E-state index in [0.29, 0.717) is 5.92 Å². The van der Waals surface area contributed by atoms with Crippen molar-refractivity contribution >= 4 is 6.72 Å². The largest absolute Gasteiger partial charge is 0.355 e. The molecule has 0 unspecified atom stereocenters. The molecule has 0 aliphatic heterocycles. The maximum atomic E-state index is 5.08. The Morgan fingerprint density at radius 3 is 2.77 bits per heavy atom. The number of hydrogen-bond acceptors (Lipinski definition) is 3. The van der Waals surface area contributed by atoms with Gasteiger partial charge in [-0.15, -0.1) is 0 Å². The summed E-state index contributed by atoms with van der Waals surface area (Å²) in [5.74, 6) is 1.13. The van der Waals surface area contributed by atoms with E-state index in [4.69, 9.17) is 4.84 Å². The van der Waals surface area contributed by atoms with Gasteiger partial charge in [-0.25, -0.2) is 0 Å². The highest BCUT2D eigenvalue weighted by atomic mass is 16.6. The van der Waals surface area contributed by atoms with Crippen molar-refractivity contribution in [1.82, 2.24) is 4.98 Å². The molecule has 1 aromatic rings. The number of aromatic nitrogens is 1. The van der Waals surface area contributed by atoms with Gasteiger partial charge in [0.2, 0.25) is 0 Å². The summed E-state index contributed by atoms with van der Waals surface area (Å²) in [6, 6.07) is 1.94. The predicted octanol–water partition coefficient (Wildman–Crippen LogP) is 2.51. The molecule has 1 aromatic heterocycles. The van der Waals surface area contributed by atoms with Crippen molar-refractivity contribution in [2.75, 3.05) is 0 Å². The standard InChI is InChI=1S/C10H14N2O/c1-7(2)9-5-6-12-8(3)10(9)13-11-4/h5-7H,4H2,1-3H3. The molecule has 3 nitrogen and oxygen atoms in total. The van der Waals surface area contributed by atoms with Crippen molar-refractivity contribution in [3.8, 4) is 5.75 Å². The van der Waals surface area contributed by atoms with Crippen LogP contribution in [0.15, 0.2) is 17.4 Å². The van der Waals surface area contributed by atoms with Crippen LogP contribution in [0.4, 0.5) is 0 Å². The molecule has 0 aliphatic rings. The van der Waals surface area contributed by atoms with Gasteiger partial charge in [0.05, 0.1) is 5.69 Å². The second-order valence-corrected chi connectivity index (χ2v) is 3.19. The molecule has 0 aliphatic carbocycles. The molecule has 70 valence electrons. The third-order valence-electron chi connectivity index (χ3n) is 1.89. The SMILES string of the molecule is C=NOc1c(C(C)C)ccnc1C. The fourth-order valence-electron chi connectivity index (χ4n) is 1.21. The fourth-order valence-corrected chi connectivity index (χ4v) is 1.21. The number of nitrogens with zero attached hydrogens (tertiary/aromatic N) is 2. The van der Waals surface area contributed by atoms with Crippen LogP contribution in [0.2, 0.25) is 0 Å². The summed E-state index contributed by atoms with van der Waals surface area (Å²) in [7, 11) is 0. The van der Waals surface area contributed by atoms with E-state index in [0.717, 1.165) is 17.0 Å². The van der Waals surface area contributed by atoms with Gasteiger partial charge in [-0.1, -0.05) is 19.0 Å². The van der Waals surface area contributed by atoms with E-state index in [2.05, 4.69) is 30.7 Å². The van der Waals surface area contributed by atoms with E-state index < -0.39 is 0 Å².